The standard InChI is InChI=1S/C13H25N2O4.U/c1-2-7-18-8-9-19-11-13(17)15-6-4-3-5-12(14)10-16;/h12H,2-9,11,14H2,1H3,(H,15,17);/q-1;/t12-;/m0./s1. The molecule has 0 saturated carbocycles. The third-order valence-electron chi connectivity index (χ3n) is 2.37. The molecule has 7 heteroatoms. The molecule has 3 N–H and O–H groups in total. The Morgan fingerprint density at radius 2 is 1.95 bits per heavy atom. The number of ether oxygens (including phenoxy) is 2. The SMILES string of the molecule is CCCOCCOCC(=O)NCCCC[C@H](N)[C-]=O.[U]. The van der Waals surface area contributed by atoms with Crippen LogP contribution in [0.5, 0.6) is 0 Å². The summed E-state index contributed by atoms with van der Waals surface area (Å²) in [6.07, 6.45) is 4.89. The van der Waals surface area contributed by atoms with E-state index < -0.39 is 6.04 Å². The van der Waals surface area contributed by atoms with E-state index in [9.17, 15) is 9.59 Å². The zero-order chi connectivity index (χ0) is 14.3. The molecule has 20 heavy (non-hydrogen) atoms. The van der Waals surface area contributed by atoms with Crippen molar-refractivity contribution in [3.63, 3.8) is 0 Å². The Morgan fingerprint density at radius 1 is 1.25 bits per heavy atom. The van der Waals surface area contributed by atoms with Crippen LogP contribution < -0.4 is 11.1 Å². The molecule has 0 bridgehead atoms. The fourth-order valence-corrected chi connectivity index (χ4v) is 1.36. The second-order valence-electron chi connectivity index (χ2n) is 4.24. The van der Waals surface area contributed by atoms with Crippen molar-refractivity contribution in [3.8, 4) is 0 Å². The summed E-state index contributed by atoms with van der Waals surface area (Å²) in [5, 5.41) is 2.73. The zero-order valence-corrected chi connectivity index (χ0v) is 16.3. The van der Waals surface area contributed by atoms with Crippen LogP contribution in [0.2, 0.25) is 0 Å². The molecule has 1 amide bonds. The summed E-state index contributed by atoms with van der Waals surface area (Å²) in [6.45, 7) is 4.32. The Kier molecular flexibility index (Phi) is 19.1. The van der Waals surface area contributed by atoms with E-state index in [1.165, 1.54) is 0 Å². The Bertz CT molecular complexity index is 242. The van der Waals surface area contributed by atoms with Gasteiger partial charge >= 0.3 is 0 Å². The number of carbonyl (C=O) groups is 1. The van der Waals surface area contributed by atoms with Gasteiger partial charge in [-0.15, -0.1) is 0 Å². The van der Waals surface area contributed by atoms with E-state index in [0.29, 0.717) is 26.2 Å². The van der Waals surface area contributed by atoms with Gasteiger partial charge in [0.1, 0.15) is 6.61 Å². The summed E-state index contributed by atoms with van der Waals surface area (Å²) >= 11 is 0. The minimum absolute atomic E-state index is 0. The molecule has 0 rings (SSSR count). The smallest absolute Gasteiger partial charge is 0.245 e. The van der Waals surface area contributed by atoms with Crippen LogP contribution in [-0.2, 0) is 19.1 Å². The molecule has 1 atom stereocenters. The third kappa shape index (κ3) is 16.1. The number of hydrogen-bond acceptors (Lipinski definition) is 5. The minimum atomic E-state index is -0.512. The number of nitrogens with one attached hydrogen (secondary N) is 1. The molecule has 0 aromatic rings. The van der Waals surface area contributed by atoms with Crippen LogP contribution in [0, 0.1) is 31.1 Å². The van der Waals surface area contributed by atoms with E-state index in [1.54, 1.807) is 6.29 Å². The van der Waals surface area contributed by atoms with E-state index in [-0.39, 0.29) is 43.6 Å². The van der Waals surface area contributed by atoms with E-state index in [4.69, 9.17) is 15.2 Å². The molecule has 0 heterocycles. The van der Waals surface area contributed by atoms with Gasteiger partial charge in [0.2, 0.25) is 5.91 Å². The fraction of sp³-hybridized carbons (Fsp3) is 0.846. The summed E-state index contributed by atoms with van der Waals surface area (Å²) in [6, 6.07) is -0.512. The van der Waals surface area contributed by atoms with Crippen molar-refractivity contribution < 1.29 is 50.2 Å². The van der Waals surface area contributed by atoms with Crippen molar-refractivity contribution in [1.29, 1.82) is 0 Å². The van der Waals surface area contributed by atoms with Crippen molar-refractivity contribution in [1.82, 2.24) is 5.32 Å². The summed E-state index contributed by atoms with van der Waals surface area (Å²) in [4.78, 5) is 21.5. The van der Waals surface area contributed by atoms with Gasteiger partial charge in [-0.2, -0.15) is 0 Å². The van der Waals surface area contributed by atoms with E-state index in [0.717, 1.165) is 25.9 Å². The number of rotatable bonds is 13. The second-order valence-corrected chi connectivity index (χ2v) is 4.24. The first-order chi connectivity index (χ1) is 9.20. The molecule has 0 unspecified atom stereocenters. The Balaban J connectivity index is 0. The van der Waals surface area contributed by atoms with Crippen molar-refractivity contribution in [3.05, 3.63) is 0 Å². The number of carbonyl (C=O) groups excluding carboxylic acids is 2. The van der Waals surface area contributed by atoms with Crippen LogP contribution >= 0.6 is 0 Å². The number of nitrogens with two attached hydrogens (primary N) is 1. The minimum Gasteiger partial charge on any atom is -0.540 e. The first-order valence-electron chi connectivity index (χ1n) is 6.76. The quantitative estimate of drug-likeness (QED) is 0.272. The number of hydrogen-bond donors (Lipinski definition) is 2. The molecule has 6 nitrogen and oxygen atoms in total. The van der Waals surface area contributed by atoms with Crippen molar-refractivity contribution >= 4 is 12.2 Å². The monoisotopic (exact) mass is 511 g/mol. The normalized spacial score (nSPS) is 11.5. The van der Waals surface area contributed by atoms with Crippen molar-refractivity contribution in [2.75, 3.05) is 33.0 Å². The molecular weight excluding hydrogens is 486 g/mol. The van der Waals surface area contributed by atoms with E-state index in [2.05, 4.69) is 5.32 Å². The molecule has 0 aliphatic rings. The molecule has 0 spiro atoms. The average Bonchev–Trinajstić information content (AvgIpc) is 2.42. The average molecular weight is 511 g/mol. The van der Waals surface area contributed by atoms with E-state index in [1.807, 2.05) is 6.92 Å². The summed E-state index contributed by atoms with van der Waals surface area (Å²) in [5.74, 6) is -0.137. The number of unbranched alkanes of at least 4 members (excludes halogenated alkanes) is 1. The predicted octanol–water partition coefficient (Wildman–Crippen LogP) is 0.153. The summed E-state index contributed by atoms with van der Waals surface area (Å²) in [7, 11) is 0. The Labute approximate surface area is 144 Å². The summed E-state index contributed by atoms with van der Waals surface area (Å²) < 4.78 is 10.4. The van der Waals surface area contributed by atoms with Crippen LogP contribution in [0.25, 0.3) is 0 Å². The molecule has 0 fully saturated rings. The van der Waals surface area contributed by atoms with Gasteiger partial charge < -0.3 is 25.3 Å². The predicted molar refractivity (Wildman–Crippen MR) is 72.5 cm³/mol. The van der Waals surface area contributed by atoms with Crippen molar-refractivity contribution in [2.45, 2.75) is 38.6 Å². The molecule has 0 radical (unpaired) electrons. The second kappa shape index (κ2) is 17.1. The van der Waals surface area contributed by atoms with Crippen LogP contribution in [0.1, 0.15) is 32.6 Å². The fourth-order valence-electron chi connectivity index (χ4n) is 1.36. The van der Waals surface area contributed by atoms with Crippen LogP contribution in [-0.4, -0.2) is 51.2 Å². The Hall–Kier alpha value is 0.0719. The largest absolute Gasteiger partial charge is 0.540 e. The molecule has 0 aromatic heterocycles. The molecule has 0 aliphatic carbocycles. The van der Waals surface area contributed by atoms with Crippen LogP contribution in [0.3, 0.4) is 0 Å². The first kappa shape index (κ1) is 22.4. The van der Waals surface area contributed by atoms with Crippen LogP contribution in [0.15, 0.2) is 0 Å². The topological polar surface area (TPSA) is 90.7 Å². The van der Waals surface area contributed by atoms with Gasteiger partial charge in [0.15, 0.2) is 0 Å². The summed E-state index contributed by atoms with van der Waals surface area (Å²) in [5.41, 5.74) is 5.39. The van der Waals surface area contributed by atoms with Gasteiger partial charge in [0, 0.05) is 44.3 Å². The van der Waals surface area contributed by atoms with Gasteiger partial charge in [0.25, 0.3) is 0 Å². The van der Waals surface area contributed by atoms with Gasteiger partial charge in [-0.3, -0.25) is 4.79 Å². The molecule has 0 saturated heterocycles. The van der Waals surface area contributed by atoms with Gasteiger partial charge in [-0.25, -0.2) is 6.29 Å². The van der Waals surface area contributed by atoms with Gasteiger partial charge in [-0.05, 0) is 12.8 Å². The molecular formula is C13H25N2O4U-. The Morgan fingerprint density at radius 3 is 2.60 bits per heavy atom. The molecule has 116 valence electrons. The third-order valence-corrected chi connectivity index (χ3v) is 2.37. The van der Waals surface area contributed by atoms with Gasteiger partial charge in [0.05, 0.1) is 13.2 Å². The van der Waals surface area contributed by atoms with Crippen molar-refractivity contribution in [2.24, 2.45) is 5.73 Å². The van der Waals surface area contributed by atoms with Crippen LogP contribution in [0.4, 0.5) is 0 Å². The van der Waals surface area contributed by atoms with Gasteiger partial charge in [-0.1, -0.05) is 25.8 Å². The molecule has 0 aromatic carbocycles. The zero-order valence-electron chi connectivity index (χ0n) is 12.2. The number of amides is 1. The maximum Gasteiger partial charge on any atom is 0.245 e. The maximum absolute atomic E-state index is 11.3. The van der Waals surface area contributed by atoms with E-state index >= 15 is 0 Å². The molecule has 0 aliphatic heterocycles. The first-order valence-corrected chi connectivity index (χ1v) is 6.76. The maximum atomic E-state index is 11.3.